The maximum atomic E-state index is 12.9. The normalized spacial score (nSPS) is 35.4. The highest BCUT2D eigenvalue weighted by atomic mass is 19.1. The molecule has 94 valence electrons. The Kier molecular flexibility index (Phi) is 3.82. The van der Waals surface area contributed by atoms with Crippen molar-refractivity contribution in [2.45, 2.75) is 37.3 Å². The largest absolute Gasteiger partial charge is 0.322 e. The van der Waals surface area contributed by atoms with E-state index in [-0.39, 0.29) is 6.67 Å². The summed E-state index contributed by atoms with van der Waals surface area (Å²) in [4.78, 5) is 4.79. The third kappa shape index (κ3) is 2.73. The number of likely N-dealkylation sites (tertiary alicyclic amines) is 2. The Hall–Kier alpha value is -0.190. The zero-order valence-corrected chi connectivity index (χ0v) is 10.3. The van der Waals surface area contributed by atoms with E-state index in [4.69, 9.17) is 5.73 Å². The summed E-state index contributed by atoms with van der Waals surface area (Å²) in [5, 5.41) is 0. The second kappa shape index (κ2) is 4.98. The van der Waals surface area contributed by atoms with Crippen LogP contribution in [0.25, 0.3) is 0 Å². The Balaban J connectivity index is 1.89. The Bertz CT molecular complexity index is 228. The Morgan fingerprint density at radius 1 is 1.31 bits per heavy atom. The smallest absolute Gasteiger partial charge is 0.109 e. The van der Waals surface area contributed by atoms with Gasteiger partial charge in [0, 0.05) is 12.6 Å². The van der Waals surface area contributed by atoms with Crippen molar-refractivity contribution < 1.29 is 4.39 Å². The van der Waals surface area contributed by atoms with Gasteiger partial charge in [-0.1, -0.05) is 0 Å². The van der Waals surface area contributed by atoms with Gasteiger partial charge in [-0.15, -0.1) is 0 Å². The number of halogens is 1. The molecule has 0 spiro atoms. The quantitative estimate of drug-likeness (QED) is 0.762. The molecule has 2 fully saturated rings. The van der Waals surface area contributed by atoms with Crippen LogP contribution in [0.2, 0.25) is 0 Å². The second-order valence-electron chi connectivity index (χ2n) is 5.60. The minimum Gasteiger partial charge on any atom is -0.322 e. The van der Waals surface area contributed by atoms with Gasteiger partial charge in [0.1, 0.15) is 6.67 Å². The number of hydrogen-bond donors (Lipinski definition) is 1. The van der Waals surface area contributed by atoms with Crippen molar-refractivity contribution in [3.8, 4) is 0 Å². The Labute approximate surface area is 97.8 Å². The topological polar surface area (TPSA) is 32.5 Å². The van der Waals surface area contributed by atoms with E-state index in [1.807, 2.05) is 0 Å². The fourth-order valence-electron chi connectivity index (χ4n) is 2.98. The molecule has 3 nitrogen and oxygen atoms in total. The molecular formula is C12H24FN3. The summed E-state index contributed by atoms with van der Waals surface area (Å²) < 4.78 is 12.9. The van der Waals surface area contributed by atoms with Crippen LogP contribution in [0.15, 0.2) is 0 Å². The summed E-state index contributed by atoms with van der Waals surface area (Å²) in [6.07, 6.45) is 4.30. The zero-order chi connectivity index (χ0) is 11.6. The van der Waals surface area contributed by atoms with Crippen LogP contribution in [0.5, 0.6) is 0 Å². The lowest BCUT2D eigenvalue weighted by Gasteiger charge is -2.44. The molecule has 0 aromatic carbocycles. The lowest BCUT2D eigenvalue weighted by molar-refractivity contribution is 0.0583. The minimum absolute atomic E-state index is 0.379. The first-order valence-electron chi connectivity index (χ1n) is 6.40. The maximum Gasteiger partial charge on any atom is 0.109 e. The van der Waals surface area contributed by atoms with E-state index in [1.165, 1.54) is 12.8 Å². The van der Waals surface area contributed by atoms with Crippen LogP contribution in [0.4, 0.5) is 4.39 Å². The summed E-state index contributed by atoms with van der Waals surface area (Å²) in [7, 11) is 2.17. The van der Waals surface area contributed by atoms with Gasteiger partial charge in [0.15, 0.2) is 0 Å². The first-order chi connectivity index (χ1) is 7.63. The van der Waals surface area contributed by atoms with Gasteiger partial charge in [-0.25, -0.2) is 4.39 Å². The molecule has 2 rings (SSSR count). The summed E-state index contributed by atoms with van der Waals surface area (Å²) >= 11 is 0. The molecule has 0 aromatic heterocycles. The van der Waals surface area contributed by atoms with Gasteiger partial charge in [-0.3, -0.25) is 4.90 Å². The second-order valence-corrected chi connectivity index (χ2v) is 5.60. The van der Waals surface area contributed by atoms with Gasteiger partial charge in [-0.2, -0.15) is 0 Å². The summed E-state index contributed by atoms with van der Waals surface area (Å²) in [6, 6.07) is 0.631. The lowest BCUT2D eigenvalue weighted by atomic mass is 9.89. The summed E-state index contributed by atoms with van der Waals surface area (Å²) in [5.74, 6) is 0. The molecule has 2 heterocycles. The molecule has 0 bridgehead atoms. The molecule has 16 heavy (non-hydrogen) atoms. The fraction of sp³-hybridized carbons (Fsp3) is 1.00. The van der Waals surface area contributed by atoms with Crippen LogP contribution < -0.4 is 5.73 Å². The third-order valence-electron chi connectivity index (χ3n) is 4.11. The minimum atomic E-state index is -0.568. The number of rotatable bonds is 2. The molecule has 2 N–H and O–H groups in total. The molecule has 0 radical (unpaired) electrons. The number of nitrogens with two attached hydrogens (primary N) is 1. The molecule has 4 heteroatoms. The van der Waals surface area contributed by atoms with Gasteiger partial charge >= 0.3 is 0 Å². The highest BCUT2D eigenvalue weighted by Gasteiger charge is 2.35. The van der Waals surface area contributed by atoms with Gasteiger partial charge in [0.2, 0.25) is 0 Å². The number of hydrogen-bond acceptors (Lipinski definition) is 3. The van der Waals surface area contributed by atoms with E-state index in [0.717, 1.165) is 39.0 Å². The lowest BCUT2D eigenvalue weighted by Crippen LogP contribution is -2.59. The van der Waals surface area contributed by atoms with Crippen molar-refractivity contribution in [2.24, 2.45) is 5.73 Å². The van der Waals surface area contributed by atoms with Gasteiger partial charge in [0.25, 0.3) is 0 Å². The van der Waals surface area contributed by atoms with Crippen molar-refractivity contribution in [3.05, 3.63) is 0 Å². The number of nitrogens with zero attached hydrogens (tertiary/aromatic N) is 2. The molecule has 2 aliphatic heterocycles. The Morgan fingerprint density at radius 3 is 2.62 bits per heavy atom. The monoisotopic (exact) mass is 229 g/mol. The van der Waals surface area contributed by atoms with E-state index >= 15 is 0 Å². The standard InChI is InChI=1S/C12H24FN3/c1-15-7-3-11(4-8-15)16-6-2-5-12(14,9-13)10-16/h11H,2-10,14H2,1H3. The zero-order valence-electron chi connectivity index (χ0n) is 10.3. The SMILES string of the molecule is CN1CCC(N2CCCC(N)(CF)C2)CC1. The summed E-state index contributed by atoms with van der Waals surface area (Å²) in [5.41, 5.74) is 5.49. The first kappa shape index (κ1) is 12.3. The van der Waals surface area contributed by atoms with Crippen LogP contribution in [0.1, 0.15) is 25.7 Å². The van der Waals surface area contributed by atoms with Gasteiger partial charge < -0.3 is 10.6 Å². The van der Waals surface area contributed by atoms with Crippen molar-refractivity contribution in [1.29, 1.82) is 0 Å². The third-order valence-corrected chi connectivity index (χ3v) is 4.11. The molecule has 0 aliphatic carbocycles. The van der Waals surface area contributed by atoms with Crippen LogP contribution in [0, 0.1) is 0 Å². The highest BCUT2D eigenvalue weighted by Crippen LogP contribution is 2.24. The van der Waals surface area contributed by atoms with E-state index in [9.17, 15) is 4.39 Å². The number of piperidine rings is 2. The van der Waals surface area contributed by atoms with Crippen LogP contribution in [-0.4, -0.2) is 61.3 Å². The molecule has 1 unspecified atom stereocenters. The van der Waals surface area contributed by atoms with Gasteiger partial charge in [0.05, 0.1) is 5.54 Å². The van der Waals surface area contributed by atoms with Crippen molar-refractivity contribution >= 4 is 0 Å². The van der Waals surface area contributed by atoms with E-state index in [1.54, 1.807) is 0 Å². The molecule has 2 aliphatic rings. The average molecular weight is 229 g/mol. The first-order valence-corrected chi connectivity index (χ1v) is 6.40. The molecule has 0 amide bonds. The summed E-state index contributed by atoms with van der Waals surface area (Å²) in [6.45, 7) is 3.80. The predicted octanol–water partition coefficient (Wildman–Crippen LogP) is 0.843. The average Bonchev–Trinajstić information content (AvgIpc) is 2.30. The molecule has 2 saturated heterocycles. The van der Waals surface area contributed by atoms with Crippen molar-refractivity contribution in [1.82, 2.24) is 9.80 Å². The molecular weight excluding hydrogens is 205 g/mol. The van der Waals surface area contributed by atoms with Crippen LogP contribution in [0.3, 0.4) is 0 Å². The number of alkyl halides is 1. The van der Waals surface area contributed by atoms with Crippen LogP contribution >= 0.6 is 0 Å². The van der Waals surface area contributed by atoms with E-state index in [0.29, 0.717) is 6.04 Å². The van der Waals surface area contributed by atoms with Gasteiger partial charge in [-0.05, 0) is 52.4 Å². The van der Waals surface area contributed by atoms with E-state index in [2.05, 4.69) is 16.8 Å². The maximum absolute atomic E-state index is 12.9. The van der Waals surface area contributed by atoms with E-state index < -0.39 is 5.54 Å². The van der Waals surface area contributed by atoms with Crippen molar-refractivity contribution in [3.63, 3.8) is 0 Å². The highest BCUT2D eigenvalue weighted by molar-refractivity contribution is 4.94. The van der Waals surface area contributed by atoms with Crippen LogP contribution in [-0.2, 0) is 0 Å². The fourth-order valence-corrected chi connectivity index (χ4v) is 2.98. The molecule has 1 atom stereocenters. The van der Waals surface area contributed by atoms with Crippen molar-refractivity contribution in [2.75, 3.05) is 39.9 Å². The molecule has 0 saturated carbocycles. The predicted molar refractivity (Wildman–Crippen MR) is 64.2 cm³/mol. The molecule has 0 aromatic rings. The Morgan fingerprint density at radius 2 is 2.00 bits per heavy atom.